The maximum Gasteiger partial charge on any atom is 0.460 e. The lowest BCUT2D eigenvalue weighted by atomic mass is 9.36. The third kappa shape index (κ3) is 4.70. The SMILES string of the molecule is c1ccc2c(c1)B1c3ccc(-n4c5ccccc5c5ccccc54)cc3Sc3cccc(c31)[Si]21c2ccccc2B2c3ccc(-n4c5ccccc5c5ccccc54)cc3Sc3ccc[n+]1c32. The van der Waals surface area contributed by atoms with E-state index in [1.165, 1.54) is 123 Å². The van der Waals surface area contributed by atoms with Crippen molar-refractivity contribution in [3.8, 4) is 11.4 Å². The van der Waals surface area contributed by atoms with E-state index in [-0.39, 0.29) is 13.4 Å². The van der Waals surface area contributed by atoms with E-state index in [1.54, 1.807) is 0 Å². The van der Waals surface area contributed by atoms with Crippen LogP contribution in [-0.2, 0) is 0 Å². The minimum atomic E-state index is -2.96. The molecule has 4 aliphatic rings. The number of nitrogens with zero attached hydrogens (tertiary/aromatic N) is 3. The number of para-hydroxylation sites is 4. The summed E-state index contributed by atoms with van der Waals surface area (Å²) < 4.78 is 7.75. The van der Waals surface area contributed by atoms with Crippen LogP contribution in [0.1, 0.15) is 0 Å². The molecule has 8 heteroatoms. The fourth-order valence-corrected chi connectivity index (χ4v) is 21.1. The molecule has 0 fully saturated rings. The van der Waals surface area contributed by atoms with Gasteiger partial charge in [-0.1, -0.05) is 186 Å². The van der Waals surface area contributed by atoms with Crippen molar-refractivity contribution in [3.63, 3.8) is 0 Å². The van der Waals surface area contributed by atoms with E-state index in [1.807, 2.05) is 23.5 Å². The molecule has 4 aliphatic heterocycles. The summed E-state index contributed by atoms with van der Waals surface area (Å²) in [5.74, 6) is 0. The summed E-state index contributed by atoms with van der Waals surface area (Å²) >= 11 is 3.91. The zero-order valence-electron chi connectivity index (χ0n) is 36.1. The standard InChI is InChI=1S/C59H36B2N3S2Si/c1-7-21-47-39(15-1)40-16-2-8-22-48(40)63(47)37-30-32-43-53(35-37)65-51-25-13-29-57-58(51)60(43)45-19-5-11-27-55(45)67(57)56-28-12-6-20-46(56)61-44-33-31-38(36-54(44)66-52-26-14-34-62(67)59(52)61)64-49-23-9-3-17-41(49)42-18-4-10-24-50(42)64/h1-36H/q+1. The van der Waals surface area contributed by atoms with Crippen molar-refractivity contribution in [2.45, 2.75) is 19.6 Å². The minimum Gasteiger partial charge on any atom is -0.309 e. The Kier molecular flexibility index (Phi) is 7.41. The second-order valence-electron chi connectivity index (χ2n) is 18.5. The van der Waals surface area contributed by atoms with Crippen LogP contribution < -0.4 is 52.7 Å². The van der Waals surface area contributed by atoms with Crippen LogP contribution in [0.25, 0.3) is 55.0 Å². The molecule has 1 atom stereocenters. The van der Waals surface area contributed by atoms with Crippen LogP contribution in [0.2, 0.25) is 0 Å². The van der Waals surface area contributed by atoms with E-state index in [0.29, 0.717) is 0 Å². The summed E-state index contributed by atoms with van der Waals surface area (Å²) in [7, 11) is -2.96. The number of pyridine rings is 1. The zero-order chi connectivity index (χ0) is 43.5. The molecule has 3 nitrogen and oxygen atoms in total. The summed E-state index contributed by atoms with van der Waals surface area (Å²) in [4.78, 5) is 5.39. The van der Waals surface area contributed by atoms with Gasteiger partial charge in [0.2, 0.25) is 6.71 Å². The largest absolute Gasteiger partial charge is 0.460 e. The number of benzene rings is 9. The Morgan fingerprint density at radius 1 is 0.358 bits per heavy atom. The number of rotatable bonds is 2. The third-order valence-electron chi connectivity index (χ3n) is 15.4. The first-order chi connectivity index (χ1) is 33.3. The number of hydrogen-bond acceptors (Lipinski definition) is 2. The van der Waals surface area contributed by atoms with Crippen LogP contribution >= 0.6 is 23.5 Å². The topological polar surface area (TPSA) is 13.7 Å². The smallest absolute Gasteiger partial charge is 0.309 e. The molecule has 0 saturated carbocycles. The van der Waals surface area contributed by atoms with Crippen molar-refractivity contribution in [1.82, 2.24) is 9.13 Å². The van der Waals surface area contributed by atoms with Gasteiger partial charge in [0, 0.05) is 69.2 Å². The van der Waals surface area contributed by atoms with Crippen molar-refractivity contribution in [2.24, 2.45) is 0 Å². The molecule has 0 N–H and O–H groups in total. The molecular weight excluding hydrogens is 865 g/mol. The number of fused-ring (bicyclic) bond motifs is 18. The fraction of sp³-hybridized carbons (Fsp3) is 0. The van der Waals surface area contributed by atoms with Crippen molar-refractivity contribution in [2.75, 3.05) is 0 Å². The Labute approximate surface area is 397 Å². The predicted molar refractivity (Wildman–Crippen MR) is 285 cm³/mol. The number of hydrogen-bond donors (Lipinski definition) is 0. The normalized spacial score (nSPS) is 15.9. The maximum absolute atomic E-state index is 2.96. The van der Waals surface area contributed by atoms with Gasteiger partial charge in [0.25, 0.3) is 0 Å². The van der Waals surface area contributed by atoms with E-state index in [2.05, 4.69) is 232 Å². The summed E-state index contributed by atoms with van der Waals surface area (Å²) in [5.41, 5.74) is 16.0. The van der Waals surface area contributed by atoms with Crippen LogP contribution in [0.15, 0.2) is 238 Å². The first kappa shape index (κ1) is 36.9. The second-order valence-corrected chi connectivity index (χ2v) is 24.2. The van der Waals surface area contributed by atoms with Gasteiger partial charge in [-0.3, -0.25) is 4.23 Å². The lowest BCUT2D eigenvalue weighted by molar-refractivity contribution is -0.522. The third-order valence-corrected chi connectivity index (χ3v) is 22.5. The van der Waals surface area contributed by atoms with Gasteiger partial charge in [-0.25, -0.2) is 0 Å². The van der Waals surface area contributed by atoms with E-state index in [0.717, 1.165) is 0 Å². The Bertz CT molecular complexity index is 3800. The first-order valence-electron chi connectivity index (χ1n) is 23.2. The Morgan fingerprint density at radius 2 is 0.806 bits per heavy atom. The highest BCUT2D eigenvalue weighted by atomic mass is 32.2. The lowest BCUT2D eigenvalue weighted by Gasteiger charge is -2.44. The molecule has 0 saturated heterocycles. The molecule has 0 bridgehead atoms. The summed E-state index contributed by atoms with van der Waals surface area (Å²) in [6.07, 6.45) is 2.45. The van der Waals surface area contributed by atoms with Crippen molar-refractivity contribution in [3.05, 3.63) is 219 Å². The minimum absolute atomic E-state index is 0.104. The molecule has 9 aromatic carbocycles. The van der Waals surface area contributed by atoms with Gasteiger partial charge in [-0.05, 0) is 71.6 Å². The molecule has 7 heterocycles. The highest BCUT2D eigenvalue weighted by Gasteiger charge is 2.65. The lowest BCUT2D eigenvalue weighted by Crippen LogP contribution is -3.01. The summed E-state index contributed by atoms with van der Waals surface area (Å²) in [6, 6.07) is 81.0. The van der Waals surface area contributed by atoms with Gasteiger partial charge in [0.1, 0.15) is 11.8 Å². The van der Waals surface area contributed by atoms with Crippen molar-refractivity contribution in [1.29, 1.82) is 0 Å². The zero-order valence-corrected chi connectivity index (χ0v) is 38.7. The molecule has 0 aliphatic carbocycles. The summed E-state index contributed by atoms with van der Waals surface area (Å²) in [6.45, 7) is 0.233. The quantitative estimate of drug-likeness (QED) is 0.170. The Balaban J connectivity index is 0.897. The van der Waals surface area contributed by atoms with Gasteiger partial charge in [-0.15, -0.1) is 0 Å². The average molecular weight is 901 g/mol. The van der Waals surface area contributed by atoms with Gasteiger partial charge >= 0.3 is 14.9 Å². The molecule has 16 rings (SSSR count). The van der Waals surface area contributed by atoms with Crippen LogP contribution in [0.4, 0.5) is 0 Å². The molecule has 3 aromatic heterocycles. The monoisotopic (exact) mass is 900 g/mol. The fourth-order valence-electron chi connectivity index (χ4n) is 12.9. The number of aromatic nitrogens is 3. The van der Waals surface area contributed by atoms with Crippen LogP contribution in [-0.4, -0.2) is 30.8 Å². The highest BCUT2D eigenvalue weighted by Crippen LogP contribution is 2.38. The Morgan fingerprint density at radius 3 is 1.37 bits per heavy atom. The molecule has 12 aromatic rings. The molecule has 0 amide bonds. The van der Waals surface area contributed by atoms with E-state index >= 15 is 0 Å². The summed E-state index contributed by atoms with van der Waals surface area (Å²) in [5, 5.41) is 9.66. The van der Waals surface area contributed by atoms with Gasteiger partial charge in [0.15, 0.2) is 0 Å². The Hall–Kier alpha value is -7.22. The van der Waals surface area contributed by atoms with E-state index in [4.69, 9.17) is 0 Å². The molecule has 1 spiro atoms. The van der Waals surface area contributed by atoms with E-state index in [9.17, 15) is 0 Å². The van der Waals surface area contributed by atoms with Crippen LogP contribution in [0.5, 0.6) is 0 Å². The molecule has 67 heavy (non-hydrogen) atoms. The predicted octanol–water partition coefficient (Wildman–Crippen LogP) is 7.27. The molecule has 308 valence electrons. The van der Waals surface area contributed by atoms with Crippen LogP contribution in [0, 0.1) is 0 Å². The van der Waals surface area contributed by atoms with Crippen molar-refractivity contribution >= 4 is 137 Å². The molecule has 1 unspecified atom stereocenters. The van der Waals surface area contributed by atoms with Crippen molar-refractivity contribution < 1.29 is 4.23 Å². The second kappa shape index (κ2) is 13.5. The molecular formula is C59H36B2N3S2Si+. The van der Waals surface area contributed by atoms with Crippen LogP contribution in [0.3, 0.4) is 0 Å². The van der Waals surface area contributed by atoms with Gasteiger partial charge < -0.3 is 9.13 Å². The van der Waals surface area contributed by atoms with Gasteiger partial charge in [0.05, 0.1) is 27.0 Å². The first-order valence-corrected chi connectivity index (χ1v) is 26.8. The molecule has 0 radical (unpaired) electrons. The highest BCUT2D eigenvalue weighted by molar-refractivity contribution is 8.00. The van der Waals surface area contributed by atoms with E-state index < -0.39 is 8.24 Å². The van der Waals surface area contributed by atoms with Gasteiger partial charge in [-0.2, -0.15) is 0 Å². The average Bonchev–Trinajstić information content (AvgIpc) is 3.91. The maximum atomic E-state index is 2.84.